The maximum absolute atomic E-state index is 11.4. The lowest BCUT2D eigenvalue weighted by Crippen LogP contribution is -2.25. The number of hydrogen-bond acceptors (Lipinski definition) is 4. The summed E-state index contributed by atoms with van der Waals surface area (Å²) in [6.07, 6.45) is 3.44. The van der Waals surface area contributed by atoms with E-state index in [2.05, 4.69) is 6.92 Å². The van der Waals surface area contributed by atoms with E-state index in [0.29, 0.717) is 19.6 Å². The van der Waals surface area contributed by atoms with Gasteiger partial charge in [-0.25, -0.2) is 0 Å². The van der Waals surface area contributed by atoms with E-state index < -0.39 is 0 Å². The molecule has 0 aromatic heterocycles. The van der Waals surface area contributed by atoms with Crippen LogP contribution >= 0.6 is 0 Å². The van der Waals surface area contributed by atoms with Crippen LogP contribution in [-0.2, 0) is 19.0 Å². The summed E-state index contributed by atoms with van der Waals surface area (Å²) in [5, 5.41) is 0. The van der Waals surface area contributed by atoms with Crippen molar-refractivity contribution in [3.63, 3.8) is 0 Å². The highest BCUT2D eigenvalue weighted by molar-refractivity contribution is 5.69. The van der Waals surface area contributed by atoms with Gasteiger partial charge in [0.25, 0.3) is 0 Å². The Labute approximate surface area is 105 Å². The van der Waals surface area contributed by atoms with Crippen LogP contribution in [0.4, 0.5) is 0 Å². The summed E-state index contributed by atoms with van der Waals surface area (Å²) in [7, 11) is 1.64. The summed E-state index contributed by atoms with van der Waals surface area (Å²) in [5.74, 6) is -0.131. The highest BCUT2D eigenvalue weighted by atomic mass is 16.6. The number of rotatable bonds is 10. The summed E-state index contributed by atoms with van der Waals surface area (Å²) in [6, 6.07) is 0. The molecule has 0 fully saturated rings. The zero-order valence-electron chi connectivity index (χ0n) is 11.5. The molecule has 0 bridgehead atoms. The Morgan fingerprint density at radius 3 is 2.41 bits per heavy atom. The van der Waals surface area contributed by atoms with Gasteiger partial charge in [-0.3, -0.25) is 4.79 Å². The Hall–Kier alpha value is -0.610. The number of carbonyl (C=O) groups excluding carboxylic acids is 1. The lowest BCUT2D eigenvalue weighted by atomic mass is 10.2. The molecule has 0 aliphatic carbocycles. The second kappa shape index (κ2) is 10.5. The van der Waals surface area contributed by atoms with E-state index in [1.54, 1.807) is 7.11 Å². The number of hydrogen-bond donors (Lipinski definition) is 0. The molecular formula is C13H26O4. The number of esters is 1. The predicted octanol–water partition coefficient (Wildman–Crippen LogP) is 2.55. The molecule has 0 N–H and O–H groups in total. The van der Waals surface area contributed by atoms with Crippen LogP contribution in [0.2, 0.25) is 0 Å². The van der Waals surface area contributed by atoms with E-state index >= 15 is 0 Å². The van der Waals surface area contributed by atoms with Gasteiger partial charge < -0.3 is 14.2 Å². The molecule has 0 aromatic carbocycles. The van der Waals surface area contributed by atoms with Crippen LogP contribution in [0.15, 0.2) is 0 Å². The average Bonchev–Trinajstić information content (AvgIpc) is 2.27. The van der Waals surface area contributed by atoms with Gasteiger partial charge in [-0.05, 0) is 20.3 Å². The van der Waals surface area contributed by atoms with Crippen molar-refractivity contribution in [1.29, 1.82) is 0 Å². The minimum atomic E-state index is -0.191. The third kappa shape index (κ3) is 10.3. The van der Waals surface area contributed by atoms with Crippen LogP contribution in [0.5, 0.6) is 0 Å². The molecular weight excluding hydrogens is 220 g/mol. The summed E-state index contributed by atoms with van der Waals surface area (Å²) in [4.78, 5) is 11.4. The standard InChI is InChI=1S/C13H26O4/c1-5-6-7-8-13(14)17-12(3)10-16-11(2)9-15-4/h11-12H,5-10H2,1-4H3. The topological polar surface area (TPSA) is 44.8 Å². The van der Waals surface area contributed by atoms with Crippen molar-refractivity contribution in [2.45, 2.75) is 58.7 Å². The molecule has 17 heavy (non-hydrogen) atoms. The third-order valence-electron chi connectivity index (χ3n) is 2.33. The molecule has 0 spiro atoms. The first-order valence-corrected chi connectivity index (χ1v) is 6.40. The lowest BCUT2D eigenvalue weighted by molar-refractivity contribution is -0.152. The summed E-state index contributed by atoms with van der Waals surface area (Å²) < 4.78 is 15.6. The highest BCUT2D eigenvalue weighted by Crippen LogP contribution is 2.04. The van der Waals surface area contributed by atoms with E-state index in [1.165, 1.54) is 0 Å². The van der Waals surface area contributed by atoms with Gasteiger partial charge in [-0.2, -0.15) is 0 Å². The minimum absolute atomic E-state index is 0.0289. The van der Waals surface area contributed by atoms with Gasteiger partial charge in [0.05, 0.1) is 19.3 Å². The number of methoxy groups -OCH3 is 1. The van der Waals surface area contributed by atoms with Gasteiger partial charge in [0.1, 0.15) is 6.10 Å². The maximum Gasteiger partial charge on any atom is 0.306 e. The van der Waals surface area contributed by atoms with Gasteiger partial charge in [0.15, 0.2) is 0 Å². The van der Waals surface area contributed by atoms with Crippen LogP contribution in [0.25, 0.3) is 0 Å². The first kappa shape index (κ1) is 16.4. The second-order valence-corrected chi connectivity index (χ2v) is 4.36. The normalized spacial score (nSPS) is 14.4. The van der Waals surface area contributed by atoms with Crippen molar-refractivity contribution in [3.8, 4) is 0 Å². The molecule has 4 nitrogen and oxygen atoms in total. The Morgan fingerprint density at radius 2 is 1.82 bits per heavy atom. The number of carbonyl (C=O) groups is 1. The molecule has 0 amide bonds. The Balaban J connectivity index is 3.56. The SMILES string of the molecule is CCCCCC(=O)OC(C)COC(C)COC. The molecule has 0 aliphatic heterocycles. The lowest BCUT2D eigenvalue weighted by Gasteiger charge is -2.17. The third-order valence-corrected chi connectivity index (χ3v) is 2.33. The monoisotopic (exact) mass is 246 g/mol. The van der Waals surface area contributed by atoms with Gasteiger partial charge in [0.2, 0.25) is 0 Å². The highest BCUT2D eigenvalue weighted by Gasteiger charge is 2.11. The van der Waals surface area contributed by atoms with Gasteiger partial charge in [0, 0.05) is 13.5 Å². The smallest absolute Gasteiger partial charge is 0.306 e. The second-order valence-electron chi connectivity index (χ2n) is 4.36. The van der Waals surface area contributed by atoms with E-state index in [9.17, 15) is 4.79 Å². The Bertz CT molecular complexity index is 194. The average molecular weight is 246 g/mol. The van der Waals surface area contributed by atoms with Crippen molar-refractivity contribution in [1.82, 2.24) is 0 Å². The molecule has 0 saturated carbocycles. The van der Waals surface area contributed by atoms with Gasteiger partial charge in [-0.1, -0.05) is 19.8 Å². The summed E-state index contributed by atoms with van der Waals surface area (Å²) in [5.41, 5.74) is 0. The molecule has 0 radical (unpaired) electrons. The fourth-order valence-corrected chi connectivity index (χ4v) is 1.42. The van der Waals surface area contributed by atoms with Crippen molar-refractivity contribution in [2.24, 2.45) is 0 Å². The molecule has 2 atom stereocenters. The van der Waals surface area contributed by atoms with Crippen molar-refractivity contribution < 1.29 is 19.0 Å². The van der Waals surface area contributed by atoms with Crippen molar-refractivity contribution in [3.05, 3.63) is 0 Å². The minimum Gasteiger partial charge on any atom is -0.460 e. The molecule has 102 valence electrons. The molecule has 4 heteroatoms. The zero-order valence-corrected chi connectivity index (χ0v) is 11.5. The molecule has 0 saturated heterocycles. The van der Waals surface area contributed by atoms with E-state index in [1.807, 2.05) is 13.8 Å². The predicted molar refractivity (Wildman–Crippen MR) is 67.0 cm³/mol. The van der Waals surface area contributed by atoms with Gasteiger partial charge in [-0.15, -0.1) is 0 Å². The fraction of sp³-hybridized carbons (Fsp3) is 0.923. The van der Waals surface area contributed by atoms with E-state index in [-0.39, 0.29) is 18.2 Å². The zero-order chi connectivity index (χ0) is 13.1. The number of unbranched alkanes of at least 4 members (excludes halogenated alkanes) is 2. The van der Waals surface area contributed by atoms with Crippen molar-refractivity contribution in [2.75, 3.05) is 20.3 Å². The largest absolute Gasteiger partial charge is 0.460 e. The quantitative estimate of drug-likeness (QED) is 0.439. The Kier molecular flexibility index (Phi) is 10.2. The molecule has 0 heterocycles. The molecule has 2 unspecified atom stereocenters. The summed E-state index contributed by atoms with van der Waals surface area (Å²) in [6.45, 7) is 6.86. The van der Waals surface area contributed by atoms with E-state index in [4.69, 9.17) is 14.2 Å². The number of ether oxygens (including phenoxy) is 3. The fourth-order valence-electron chi connectivity index (χ4n) is 1.42. The maximum atomic E-state index is 11.4. The molecule has 0 aliphatic rings. The van der Waals surface area contributed by atoms with Crippen LogP contribution in [0, 0.1) is 0 Å². The molecule has 0 aromatic rings. The first-order valence-electron chi connectivity index (χ1n) is 6.40. The Morgan fingerprint density at radius 1 is 1.12 bits per heavy atom. The molecule has 0 rings (SSSR count). The van der Waals surface area contributed by atoms with E-state index in [0.717, 1.165) is 19.3 Å². The van der Waals surface area contributed by atoms with Crippen LogP contribution < -0.4 is 0 Å². The van der Waals surface area contributed by atoms with Crippen LogP contribution in [-0.4, -0.2) is 38.5 Å². The summed E-state index contributed by atoms with van der Waals surface area (Å²) >= 11 is 0. The van der Waals surface area contributed by atoms with Crippen molar-refractivity contribution >= 4 is 5.97 Å². The van der Waals surface area contributed by atoms with Crippen LogP contribution in [0.1, 0.15) is 46.5 Å². The van der Waals surface area contributed by atoms with Gasteiger partial charge >= 0.3 is 5.97 Å². The first-order chi connectivity index (χ1) is 8.10. The van der Waals surface area contributed by atoms with Crippen LogP contribution in [0.3, 0.4) is 0 Å².